The summed E-state index contributed by atoms with van der Waals surface area (Å²) >= 11 is 5.84. The summed E-state index contributed by atoms with van der Waals surface area (Å²) in [6.07, 6.45) is 2.74. The van der Waals surface area contributed by atoms with Gasteiger partial charge < -0.3 is 32.3 Å². The summed E-state index contributed by atoms with van der Waals surface area (Å²) in [5.41, 5.74) is 11.2. The summed E-state index contributed by atoms with van der Waals surface area (Å²) in [4.78, 5) is 54.0. The Labute approximate surface area is 199 Å². The predicted molar refractivity (Wildman–Crippen MR) is 125 cm³/mol. The molecule has 0 radical (unpaired) electrons. The van der Waals surface area contributed by atoms with E-state index in [-0.39, 0.29) is 45.8 Å². The topological polar surface area (TPSA) is 194 Å². The van der Waals surface area contributed by atoms with Gasteiger partial charge >= 0.3 is 5.91 Å². The van der Waals surface area contributed by atoms with Crippen LogP contribution < -0.4 is 27.4 Å². The number of anilines is 3. The van der Waals surface area contributed by atoms with Crippen LogP contribution in [-0.2, 0) is 4.79 Å². The molecule has 4 rings (SSSR count). The van der Waals surface area contributed by atoms with Crippen LogP contribution in [0.4, 0.5) is 17.5 Å². The van der Waals surface area contributed by atoms with Crippen molar-refractivity contribution in [1.29, 1.82) is 0 Å². The van der Waals surface area contributed by atoms with E-state index in [1.54, 1.807) is 17.0 Å². The highest BCUT2D eigenvalue weighted by Gasteiger charge is 2.41. The second kappa shape index (κ2) is 9.09. The van der Waals surface area contributed by atoms with Crippen LogP contribution >= 0.6 is 11.6 Å². The number of hydrogen-bond donors (Lipinski definition) is 5. The molecular formula is C20H23ClN10O3. The maximum absolute atomic E-state index is 12.8. The number of hydrogen-bond acceptors (Lipinski definition) is 8. The molecule has 34 heavy (non-hydrogen) atoms. The highest BCUT2D eigenvalue weighted by Crippen LogP contribution is 2.26. The lowest BCUT2D eigenvalue weighted by Gasteiger charge is -2.38. The Balaban J connectivity index is 1.36. The summed E-state index contributed by atoms with van der Waals surface area (Å²) in [6, 6.07) is 3.22. The summed E-state index contributed by atoms with van der Waals surface area (Å²) in [7, 11) is 0. The van der Waals surface area contributed by atoms with Crippen molar-refractivity contribution >= 4 is 52.7 Å². The van der Waals surface area contributed by atoms with E-state index >= 15 is 0 Å². The molecule has 14 heteroatoms. The van der Waals surface area contributed by atoms with E-state index in [9.17, 15) is 14.4 Å². The van der Waals surface area contributed by atoms with E-state index in [0.717, 1.165) is 0 Å². The van der Waals surface area contributed by atoms with Crippen molar-refractivity contribution in [2.75, 3.05) is 36.4 Å². The van der Waals surface area contributed by atoms with Crippen molar-refractivity contribution in [2.45, 2.75) is 25.3 Å². The lowest BCUT2D eigenvalue weighted by atomic mass is 9.88. The molecule has 1 spiro atoms. The van der Waals surface area contributed by atoms with Gasteiger partial charge in [0.2, 0.25) is 5.91 Å². The zero-order valence-electron chi connectivity index (χ0n) is 18.3. The molecule has 0 aliphatic carbocycles. The number of nitrogens with zero attached hydrogens (tertiary/aromatic N) is 5. The number of pyridine rings is 1. The minimum Gasteiger partial charge on any atom is -0.382 e. The number of guanidine groups is 1. The van der Waals surface area contributed by atoms with Crippen LogP contribution in [0.5, 0.6) is 0 Å². The first kappa shape index (κ1) is 23.2. The smallest absolute Gasteiger partial charge is 0.302 e. The fourth-order valence-corrected chi connectivity index (χ4v) is 3.94. The first-order valence-electron chi connectivity index (χ1n) is 10.4. The second-order valence-electron chi connectivity index (χ2n) is 8.06. The number of carbonyl (C=O) groups is 3. The summed E-state index contributed by atoms with van der Waals surface area (Å²) in [6.45, 7) is 2.94. The molecule has 0 unspecified atom stereocenters. The Kier molecular flexibility index (Phi) is 6.20. The number of aliphatic imine (C=N–C) groups is 1. The molecule has 0 atom stereocenters. The first-order chi connectivity index (χ1) is 16.2. The third kappa shape index (κ3) is 4.83. The minimum absolute atomic E-state index is 0.0693. The van der Waals surface area contributed by atoms with Crippen LogP contribution in [0.25, 0.3) is 0 Å². The van der Waals surface area contributed by atoms with E-state index in [1.165, 1.54) is 13.1 Å². The van der Waals surface area contributed by atoms with E-state index in [2.05, 4.69) is 35.9 Å². The van der Waals surface area contributed by atoms with Crippen molar-refractivity contribution in [2.24, 2.45) is 4.99 Å². The Hall–Kier alpha value is -4.00. The molecule has 2 saturated heterocycles. The Morgan fingerprint density at radius 1 is 1.18 bits per heavy atom. The molecule has 13 nitrogen and oxygen atoms in total. The molecule has 4 heterocycles. The van der Waals surface area contributed by atoms with Gasteiger partial charge in [0.05, 0.1) is 11.1 Å². The van der Waals surface area contributed by atoms with Gasteiger partial charge in [0.1, 0.15) is 5.82 Å². The van der Waals surface area contributed by atoms with Crippen molar-refractivity contribution < 1.29 is 14.4 Å². The second-order valence-corrected chi connectivity index (χ2v) is 8.42. The normalized spacial score (nSPS) is 17.8. The van der Waals surface area contributed by atoms with Gasteiger partial charge in [0.25, 0.3) is 5.91 Å². The zero-order valence-corrected chi connectivity index (χ0v) is 19.0. The van der Waals surface area contributed by atoms with Crippen LogP contribution in [0.3, 0.4) is 0 Å². The predicted octanol–water partition coefficient (Wildman–Crippen LogP) is 0.0118. The highest BCUT2D eigenvalue weighted by molar-refractivity contribution is 6.31. The third-order valence-corrected chi connectivity index (χ3v) is 5.90. The van der Waals surface area contributed by atoms with Gasteiger partial charge in [-0.3, -0.25) is 14.4 Å². The number of piperidine rings is 1. The Bertz CT molecular complexity index is 1180. The third-order valence-electron chi connectivity index (χ3n) is 5.62. The largest absolute Gasteiger partial charge is 0.382 e. The van der Waals surface area contributed by atoms with Crippen LogP contribution in [-0.4, -0.2) is 68.7 Å². The molecule has 0 aromatic carbocycles. The molecule has 0 saturated carbocycles. The first-order valence-corrected chi connectivity index (χ1v) is 10.8. The van der Waals surface area contributed by atoms with Gasteiger partial charge in [-0.1, -0.05) is 11.6 Å². The number of rotatable bonds is 3. The van der Waals surface area contributed by atoms with E-state index in [0.29, 0.717) is 43.9 Å². The van der Waals surface area contributed by atoms with E-state index < -0.39 is 5.91 Å². The molecule has 3 amide bonds. The van der Waals surface area contributed by atoms with Crippen molar-refractivity contribution in [3.63, 3.8) is 0 Å². The standard InChI is InChI=1S/C20H23ClN10O3/c1-10(32)26-12-3-2-11(8-24-12)18(34)31-6-4-20(5-7-31)9-25-19(30-20)29-17(33)13-15(22)28-16(23)14(21)27-13/h2-3,8H,4-7,9H2,1H3,(H4,22,23,28)(H,24,26,32)(H2,25,29,30,33). The molecular weight excluding hydrogens is 464 g/mol. The number of aromatic nitrogens is 3. The van der Waals surface area contributed by atoms with Gasteiger partial charge in [0.15, 0.2) is 28.4 Å². The monoisotopic (exact) mass is 486 g/mol. The summed E-state index contributed by atoms with van der Waals surface area (Å²) in [5.74, 6) is -0.628. The van der Waals surface area contributed by atoms with Crippen LogP contribution in [0.15, 0.2) is 23.3 Å². The van der Waals surface area contributed by atoms with Crippen molar-refractivity contribution in [1.82, 2.24) is 30.5 Å². The summed E-state index contributed by atoms with van der Waals surface area (Å²) < 4.78 is 0. The lowest BCUT2D eigenvalue weighted by Crippen LogP contribution is -2.53. The average Bonchev–Trinajstić information content (AvgIpc) is 3.18. The van der Waals surface area contributed by atoms with E-state index in [1.807, 2.05) is 0 Å². The average molecular weight is 487 g/mol. The molecule has 2 aliphatic rings. The van der Waals surface area contributed by atoms with Gasteiger partial charge in [-0.25, -0.2) is 15.0 Å². The number of nitrogen functional groups attached to an aromatic ring is 2. The fourth-order valence-electron chi connectivity index (χ4n) is 3.81. The van der Waals surface area contributed by atoms with Gasteiger partial charge in [-0.15, -0.1) is 0 Å². The number of halogens is 1. The molecule has 2 fully saturated rings. The molecule has 7 N–H and O–H groups in total. The Morgan fingerprint density at radius 3 is 2.56 bits per heavy atom. The van der Waals surface area contributed by atoms with Crippen LogP contribution in [0.1, 0.15) is 40.6 Å². The molecule has 178 valence electrons. The minimum atomic E-state index is -0.707. The lowest BCUT2D eigenvalue weighted by molar-refractivity contribution is -0.114. The zero-order chi connectivity index (χ0) is 24.5. The maximum atomic E-state index is 12.8. The maximum Gasteiger partial charge on any atom is 0.302 e. The fraction of sp³-hybridized carbons (Fsp3) is 0.350. The van der Waals surface area contributed by atoms with Crippen LogP contribution in [0, 0.1) is 0 Å². The number of nitrogens with two attached hydrogens (primary N) is 2. The highest BCUT2D eigenvalue weighted by atomic mass is 35.5. The van der Waals surface area contributed by atoms with Gasteiger partial charge in [-0.05, 0) is 25.0 Å². The quantitative estimate of drug-likeness (QED) is 0.394. The number of nitrogens with one attached hydrogen (secondary N) is 3. The number of amides is 3. The molecule has 2 aliphatic heterocycles. The van der Waals surface area contributed by atoms with Crippen molar-refractivity contribution in [3.8, 4) is 0 Å². The number of carbonyl (C=O) groups excluding carboxylic acids is 3. The Morgan fingerprint density at radius 2 is 1.91 bits per heavy atom. The molecule has 0 bridgehead atoms. The summed E-state index contributed by atoms with van der Waals surface area (Å²) in [5, 5.41) is 8.78. The van der Waals surface area contributed by atoms with Gasteiger partial charge in [0, 0.05) is 32.8 Å². The SMILES string of the molecule is CC(=O)Nc1ccc(C(=O)N2CCC3(CC2)CN/C(=N\C(=O)c2nc(Cl)c(N)nc2N)N3)cn1. The van der Waals surface area contributed by atoms with Gasteiger partial charge in [-0.2, -0.15) is 4.99 Å². The molecule has 2 aromatic heterocycles. The van der Waals surface area contributed by atoms with Crippen LogP contribution in [0.2, 0.25) is 5.15 Å². The molecule has 2 aromatic rings. The van der Waals surface area contributed by atoms with E-state index in [4.69, 9.17) is 23.1 Å². The van der Waals surface area contributed by atoms with Crippen molar-refractivity contribution in [3.05, 3.63) is 34.7 Å². The number of likely N-dealkylation sites (tertiary alicyclic amines) is 1.